The molecule has 212 valence electrons. The lowest BCUT2D eigenvalue weighted by molar-refractivity contribution is -0.125. The van der Waals surface area contributed by atoms with E-state index in [9.17, 15) is 9.59 Å². The molecular weight excluding hydrogens is 498 g/mol. The number of aromatic nitrogens is 4. The average Bonchev–Trinajstić information content (AvgIpc) is 3.40. The molecule has 1 atom stereocenters. The molecule has 3 fully saturated rings. The number of likely N-dealkylation sites (tertiary alicyclic amines) is 2. The van der Waals surface area contributed by atoms with Crippen LogP contribution in [0, 0.1) is 0 Å². The van der Waals surface area contributed by atoms with Crippen molar-refractivity contribution in [3.8, 4) is 0 Å². The number of likely N-dealkylation sites (N-methyl/N-ethyl adjacent to an activating group) is 1. The minimum absolute atomic E-state index is 0.0328. The van der Waals surface area contributed by atoms with Crippen LogP contribution < -0.4 is 10.6 Å². The number of carbonyl (C=O) groups excluding carboxylic acids is 2. The zero-order chi connectivity index (χ0) is 27.5. The van der Waals surface area contributed by atoms with Gasteiger partial charge in [-0.1, -0.05) is 19.9 Å². The van der Waals surface area contributed by atoms with Gasteiger partial charge in [0.1, 0.15) is 6.10 Å². The van der Waals surface area contributed by atoms with Crippen molar-refractivity contribution in [2.75, 3.05) is 57.5 Å². The maximum Gasteiger partial charge on any atom is 0.410 e. The molecule has 39 heavy (non-hydrogen) atoms. The van der Waals surface area contributed by atoms with E-state index >= 15 is 0 Å². The van der Waals surface area contributed by atoms with Crippen LogP contribution in [-0.4, -0.2) is 111 Å². The summed E-state index contributed by atoms with van der Waals surface area (Å²) in [7, 11) is 3.91. The normalized spacial score (nSPS) is 20.5. The third-order valence-electron chi connectivity index (χ3n) is 7.44. The minimum atomic E-state index is -0.300. The topological polar surface area (TPSA) is 120 Å². The molecule has 0 unspecified atom stereocenters. The third kappa shape index (κ3) is 6.78. The number of rotatable bonds is 9. The van der Waals surface area contributed by atoms with Gasteiger partial charge in [-0.05, 0) is 45.7 Å². The summed E-state index contributed by atoms with van der Waals surface area (Å²) in [6.07, 6.45) is 9.27. The van der Waals surface area contributed by atoms with Crippen molar-refractivity contribution in [2.45, 2.75) is 70.1 Å². The van der Waals surface area contributed by atoms with Gasteiger partial charge < -0.3 is 30.1 Å². The van der Waals surface area contributed by atoms with Gasteiger partial charge >= 0.3 is 6.09 Å². The van der Waals surface area contributed by atoms with Crippen molar-refractivity contribution in [2.24, 2.45) is 0 Å². The number of anilines is 2. The van der Waals surface area contributed by atoms with E-state index in [1.807, 2.05) is 35.8 Å². The summed E-state index contributed by atoms with van der Waals surface area (Å²) in [5.74, 6) is 1.59. The van der Waals surface area contributed by atoms with Crippen LogP contribution in [0.5, 0.6) is 0 Å². The summed E-state index contributed by atoms with van der Waals surface area (Å²) in [5.41, 5.74) is 1.77. The van der Waals surface area contributed by atoms with Gasteiger partial charge in [0.2, 0.25) is 11.9 Å². The molecule has 2 aliphatic heterocycles. The number of piperidine rings is 1. The molecule has 0 aromatic carbocycles. The molecule has 2 saturated heterocycles. The molecule has 3 aliphatic rings. The van der Waals surface area contributed by atoms with E-state index in [4.69, 9.17) is 14.8 Å². The van der Waals surface area contributed by atoms with Gasteiger partial charge in [0, 0.05) is 50.8 Å². The van der Waals surface area contributed by atoms with Crippen LogP contribution in [-0.2, 0) is 9.53 Å². The van der Waals surface area contributed by atoms with E-state index in [0.29, 0.717) is 51.1 Å². The monoisotopic (exact) mass is 539 g/mol. The molecule has 2 aromatic rings. The van der Waals surface area contributed by atoms with Gasteiger partial charge in [0.25, 0.3) is 0 Å². The quantitative estimate of drug-likeness (QED) is 0.463. The second-order valence-corrected chi connectivity index (χ2v) is 11.4. The van der Waals surface area contributed by atoms with Crippen LogP contribution in [0.15, 0.2) is 18.3 Å². The maximum atomic E-state index is 12.9. The number of fused-ring (bicyclic) bond motifs is 1. The summed E-state index contributed by atoms with van der Waals surface area (Å²) >= 11 is 0. The minimum Gasteiger partial charge on any atom is -0.444 e. The second kappa shape index (κ2) is 11.8. The summed E-state index contributed by atoms with van der Waals surface area (Å²) in [4.78, 5) is 40.1. The Kier molecular flexibility index (Phi) is 8.20. The smallest absolute Gasteiger partial charge is 0.410 e. The molecule has 1 aliphatic carbocycles. The van der Waals surface area contributed by atoms with E-state index in [1.165, 1.54) is 0 Å². The number of imidazole rings is 1. The third-order valence-corrected chi connectivity index (χ3v) is 7.44. The van der Waals surface area contributed by atoms with E-state index in [-0.39, 0.29) is 30.1 Å². The standard InChI is InChI=1S/C27H41N9O3/c1-18(2)22-16-28-25-24(31-26(32-36(22)25)30-19-7-8-19)29-20-9-13-34(14-10-20)27(38)39-21-11-15-35(17-21)23(37)6-5-12-33(3)4/h5-6,16,18-21H,7-15,17H2,1-4H3,(H2,29,30,31,32)/b6-5+/t21-/m0/s1. The van der Waals surface area contributed by atoms with Crippen molar-refractivity contribution >= 4 is 29.4 Å². The van der Waals surface area contributed by atoms with E-state index in [2.05, 4.69) is 29.5 Å². The number of hydrogen-bond donors (Lipinski definition) is 2. The predicted molar refractivity (Wildman–Crippen MR) is 149 cm³/mol. The van der Waals surface area contributed by atoms with Crippen molar-refractivity contribution in [3.63, 3.8) is 0 Å². The first-order chi connectivity index (χ1) is 18.8. The SMILES string of the molecule is CC(C)c1cnc2c(NC3CCN(C(=O)O[C@H]4CCN(C(=O)/C=C/CN(C)C)C4)CC3)nc(NC3CC3)nn12. The number of ether oxygens (including phenoxy) is 1. The maximum absolute atomic E-state index is 12.9. The number of carbonyl (C=O) groups is 2. The second-order valence-electron chi connectivity index (χ2n) is 11.4. The molecule has 12 nitrogen and oxygen atoms in total. The lowest BCUT2D eigenvalue weighted by Crippen LogP contribution is -2.44. The predicted octanol–water partition coefficient (Wildman–Crippen LogP) is 2.55. The molecule has 0 spiro atoms. The average molecular weight is 540 g/mol. The van der Waals surface area contributed by atoms with E-state index < -0.39 is 0 Å². The Hall–Kier alpha value is -3.41. The van der Waals surface area contributed by atoms with Gasteiger partial charge in [-0.2, -0.15) is 4.98 Å². The van der Waals surface area contributed by atoms with Crippen molar-refractivity contribution in [1.29, 1.82) is 0 Å². The van der Waals surface area contributed by atoms with E-state index in [0.717, 1.165) is 42.8 Å². The summed E-state index contributed by atoms with van der Waals surface area (Å²) < 4.78 is 7.66. The van der Waals surface area contributed by atoms with Crippen LogP contribution >= 0.6 is 0 Å². The molecular formula is C27H41N9O3. The first-order valence-corrected chi connectivity index (χ1v) is 14.1. The Labute approximate surface area is 229 Å². The van der Waals surface area contributed by atoms with Gasteiger partial charge in [0.05, 0.1) is 18.4 Å². The van der Waals surface area contributed by atoms with E-state index in [1.54, 1.807) is 15.9 Å². The van der Waals surface area contributed by atoms with Gasteiger partial charge in [0.15, 0.2) is 11.5 Å². The lowest BCUT2D eigenvalue weighted by Gasteiger charge is -2.32. The van der Waals surface area contributed by atoms with Crippen LogP contribution in [0.2, 0.25) is 0 Å². The van der Waals surface area contributed by atoms with Crippen LogP contribution in [0.3, 0.4) is 0 Å². The highest BCUT2D eigenvalue weighted by atomic mass is 16.6. The van der Waals surface area contributed by atoms with Crippen LogP contribution in [0.25, 0.3) is 5.65 Å². The van der Waals surface area contributed by atoms with Crippen molar-refractivity contribution in [3.05, 3.63) is 24.0 Å². The Balaban J connectivity index is 1.13. The molecule has 0 bridgehead atoms. The Morgan fingerprint density at radius 1 is 1.08 bits per heavy atom. The van der Waals surface area contributed by atoms with Gasteiger partial charge in [-0.25, -0.2) is 14.3 Å². The molecule has 1 saturated carbocycles. The fourth-order valence-electron chi connectivity index (χ4n) is 4.97. The fourth-order valence-corrected chi connectivity index (χ4v) is 4.97. The first kappa shape index (κ1) is 27.2. The molecule has 2 N–H and O–H groups in total. The Morgan fingerprint density at radius 2 is 1.79 bits per heavy atom. The molecule has 4 heterocycles. The molecule has 0 radical (unpaired) electrons. The highest BCUT2D eigenvalue weighted by Gasteiger charge is 2.31. The highest BCUT2D eigenvalue weighted by molar-refractivity contribution is 5.87. The van der Waals surface area contributed by atoms with Crippen molar-refractivity contribution in [1.82, 2.24) is 34.3 Å². The Morgan fingerprint density at radius 3 is 2.49 bits per heavy atom. The number of hydrogen-bond acceptors (Lipinski definition) is 9. The number of nitrogens with zero attached hydrogens (tertiary/aromatic N) is 7. The molecule has 2 aromatic heterocycles. The van der Waals surface area contributed by atoms with Crippen LogP contribution in [0.1, 0.15) is 57.6 Å². The zero-order valence-corrected chi connectivity index (χ0v) is 23.5. The molecule has 5 rings (SSSR count). The highest BCUT2D eigenvalue weighted by Crippen LogP contribution is 2.27. The first-order valence-electron chi connectivity index (χ1n) is 14.1. The summed E-state index contributed by atoms with van der Waals surface area (Å²) in [6, 6.07) is 0.606. The number of nitrogens with one attached hydrogen (secondary N) is 2. The summed E-state index contributed by atoms with van der Waals surface area (Å²) in [6.45, 7) is 7.21. The fraction of sp³-hybridized carbons (Fsp3) is 0.667. The largest absolute Gasteiger partial charge is 0.444 e. The lowest BCUT2D eigenvalue weighted by atomic mass is 10.1. The molecule has 12 heteroatoms. The van der Waals surface area contributed by atoms with Crippen molar-refractivity contribution < 1.29 is 14.3 Å². The Bertz CT molecular complexity index is 1200. The van der Waals surface area contributed by atoms with Crippen LogP contribution in [0.4, 0.5) is 16.6 Å². The summed E-state index contributed by atoms with van der Waals surface area (Å²) in [5, 5.41) is 11.7. The zero-order valence-electron chi connectivity index (χ0n) is 23.5. The van der Waals surface area contributed by atoms with Gasteiger partial charge in [-0.3, -0.25) is 4.79 Å². The number of amides is 2. The molecule has 2 amide bonds. The van der Waals surface area contributed by atoms with Gasteiger partial charge in [-0.15, -0.1) is 5.10 Å².